The molecule has 9 nitrogen and oxygen atoms in total. The summed E-state index contributed by atoms with van der Waals surface area (Å²) in [5, 5.41) is 12.3. The lowest BCUT2D eigenvalue weighted by Gasteiger charge is -2.41. The number of methoxy groups -OCH3 is 1. The van der Waals surface area contributed by atoms with Crippen LogP contribution in [0.3, 0.4) is 0 Å². The Morgan fingerprint density at radius 3 is 2.22 bits per heavy atom. The molecular formula is C36H39ClF2N4O5S. The van der Waals surface area contributed by atoms with E-state index in [-0.39, 0.29) is 55.6 Å². The van der Waals surface area contributed by atoms with E-state index in [0.717, 1.165) is 34.6 Å². The van der Waals surface area contributed by atoms with Gasteiger partial charge in [0.2, 0.25) is 0 Å². The van der Waals surface area contributed by atoms with Gasteiger partial charge in [0.05, 0.1) is 22.2 Å². The Labute approximate surface area is 292 Å². The highest BCUT2D eigenvalue weighted by Gasteiger charge is 2.36. The van der Waals surface area contributed by atoms with E-state index in [1.54, 1.807) is 29.3 Å². The van der Waals surface area contributed by atoms with Gasteiger partial charge in [0.1, 0.15) is 28.0 Å². The Kier molecular flexibility index (Phi) is 10.8. The first-order valence-corrected chi connectivity index (χ1v) is 17.1. The molecule has 260 valence electrons. The Morgan fingerprint density at radius 1 is 1.00 bits per heavy atom. The van der Waals surface area contributed by atoms with Gasteiger partial charge in [0.25, 0.3) is 11.8 Å². The van der Waals surface area contributed by atoms with Crippen LogP contribution in [0.5, 0.6) is 5.75 Å². The number of ether oxygens (including phenoxy) is 1. The van der Waals surface area contributed by atoms with Gasteiger partial charge in [-0.05, 0) is 78.6 Å². The van der Waals surface area contributed by atoms with Crippen LogP contribution in [-0.2, 0) is 6.54 Å². The van der Waals surface area contributed by atoms with Gasteiger partial charge in [0, 0.05) is 44.0 Å². The van der Waals surface area contributed by atoms with Crippen molar-refractivity contribution < 1.29 is 33.0 Å². The summed E-state index contributed by atoms with van der Waals surface area (Å²) >= 11 is 7.42. The van der Waals surface area contributed by atoms with Gasteiger partial charge in [-0.25, -0.2) is 13.6 Å². The number of rotatable bonds is 9. The summed E-state index contributed by atoms with van der Waals surface area (Å²) in [5.74, 6) is -1.71. The number of hydrogen-bond acceptors (Lipinski definition) is 6. The molecule has 0 saturated heterocycles. The second-order valence-corrected chi connectivity index (χ2v) is 14.8. The third-order valence-corrected chi connectivity index (χ3v) is 10.4. The first-order valence-electron chi connectivity index (χ1n) is 15.9. The van der Waals surface area contributed by atoms with Crippen molar-refractivity contribution in [3.05, 3.63) is 81.5 Å². The van der Waals surface area contributed by atoms with Crippen LogP contribution < -0.4 is 10.1 Å². The number of nitrogens with one attached hydrogen (secondary N) is 1. The summed E-state index contributed by atoms with van der Waals surface area (Å²) in [6.07, 6.45) is 2.60. The number of halogens is 3. The summed E-state index contributed by atoms with van der Waals surface area (Å²) < 4.78 is 35.3. The lowest BCUT2D eigenvalue weighted by Crippen LogP contribution is -2.49. The molecule has 2 heterocycles. The SMILES string of the molecule is CNC(=O)c1cc(-c2ccc(OC)c(CN(C(=O)c3sc4c(F)ccc(F)c4c3Cl)C3CCC(N(CC(C)(C)C)C(=O)O)CC3)c2)ccn1. The van der Waals surface area contributed by atoms with E-state index in [1.807, 2.05) is 32.9 Å². The van der Waals surface area contributed by atoms with Crippen LogP contribution in [0.15, 0.2) is 48.7 Å². The number of aromatic nitrogens is 1. The summed E-state index contributed by atoms with van der Waals surface area (Å²) in [6.45, 7) is 6.40. The maximum atomic E-state index is 14.8. The Hall–Kier alpha value is -4.29. The minimum Gasteiger partial charge on any atom is -0.496 e. The van der Waals surface area contributed by atoms with Gasteiger partial charge in [-0.15, -0.1) is 11.3 Å². The van der Waals surface area contributed by atoms with E-state index in [0.29, 0.717) is 43.5 Å². The number of pyridine rings is 1. The van der Waals surface area contributed by atoms with Crippen molar-refractivity contribution in [1.29, 1.82) is 0 Å². The van der Waals surface area contributed by atoms with Crippen molar-refractivity contribution in [2.45, 2.75) is 65.1 Å². The number of carboxylic acid groups (broad SMARTS) is 1. The molecule has 1 saturated carbocycles. The van der Waals surface area contributed by atoms with Crippen LogP contribution in [0.1, 0.15) is 72.2 Å². The minimum atomic E-state index is -0.982. The molecule has 1 fully saturated rings. The predicted molar refractivity (Wildman–Crippen MR) is 186 cm³/mol. The highest BCUT2D eigenvalue weighted by Crippen LogP contribution is 2.41. The van der Waals surface area contributed by atoms with Crippen LogP contribution in [0, 0.1) is 17.0 Å². The van der Waals surface area contributed by atoms with Crippen molar-refractivity contribution in [3.8, 4) is 16.9 Å². The van der Waals surface area contributed by atoms with Gasteiger partial charge >= 0.3 is 6.09 Å². The molecule has 5 rings (SSSR count). The third kappa shape index (κ3) is 7.80. The third-order valence-electron chi connectivity index (χ3n) is 8.75. The lowest BCUT2D eigenvalue weighted by atomic mass is 9.87. The van der Waals surface area contributed by atoms with Crippen molar-refractivity contribution in [2.75, 3.05) is 20.7 Å². The fourth-order valence-electron chi connectivity index (χ4n) is 6.41. The van der Waals surface area contributed by atoms with Gasteiger partial charge in [0.15, 0.2) is 0 Å². The number of benzene rings is 2. The quantitative estimate of drug-likeness (QED) is 0.181. The minimum absolute atomic E-state index is 0.0159. The van der Waals surface area contributed by atoms with Gasteiger partial charge in [-0.3, -0.25) is 14.6 Å². The second kappa shape index (κ2) is 14.7. The van der Waals surface area contributed by atoms with Crippen molar-refractivity contribution >= 4 is 50.9 Å². The number of thiophene rings is 1. The molecule has 49 heavy (non-hydrogen) atoms. The Balaban J connectivity index is 1.53. The number of nitrogens with zero attached hydrogens (tertiary/aromatic N) is 3. The van der Waals surface area contributed by atoms with E-state index in [9.17, 15) is 28.3 Å². The van der Waals surface area contributed by atoms with Crippen LogP contribution in [-0.4, -0.2) is 70.6 Å². The molecule has 0 spiro atoms. The second-order valence-electron chi connectivity index (χ2n) is 13.4. The van der Waals surface area contributed by atoms with Crippen LogP contribution in [0.2, 0.25) is 5.02 Å². The van der Waals surface area contributed by atoms with Crippen LogP contribution in [0.4, 0.5) is 13.6 Å². The number of amides is 3. The zero-order valence-corrected chi connectivity index (χ0v) is 29.6. The molecule has 0 atom stereocenters. The number of hydrogen-bond donors (Lipinski definition) is 2. The van der Waals surface area contributed by atoms with Crippen molar-refractivity contribution in [1.82, 2.24) is 20.1 Å². The molecule has 0 unspecified atom stereocenters. The molecule has 0 aliphatic heterocycles. The van der Waals surface area contributed by atoms with E-state index < -0.39 is 23.6 Å². The maximum absolute atomic E-state index is 14.8. The van der Waals surface area contributed by atoms with E-state index in [1.165, 1.54) is 19.1 Å². The molecule has 0 radical (unpaired) electrons. The summed E-state index contributed by atoms with van der Waals surface area (Å²) in [6, 6.07) is 10.4. The maximum Gasteiger partial charge on any atom is 0.407 e. The molecule has 2 aromatic heterocycles. The van der Waals surface area contributed by atoms with E-state index in [4.69, 9.17) is 16.3 Å². The highest BCUT2D eigenvalue weighted by atomic mass is 35.5. The zero-order valence-electron chi connectivity index (χ0n) is 28.0. The van der Waals surface area contributed by atoms with Crippen molar-refractivity contribution in [3.63, 3.8) is 0 Å². The standard InChI is InChI=1S/C36H39ClF2N4O5S/c1-36(2,3)19-43(35(46)47)24-9-7-23(8-10-24)42(34(45)32-30(37)29-25(38)11-12-26(39)31(29)49-32)18-22-16-20(6-13-28(22)48-5)21-14-15-41-27(17-21)33(44)40-4/h6,11-17,23-24H,7-10,18-19H2,1-5H3,(H,40,44)(H,46,47). The Bertz CT molecular complexity index is 1890. The lowest BCUT2D eigenvalue weighted by molar-refractivity contribution is 0.0492. The number of carbonyl (C=O) groups is 3. The molecule has 1 aliphatic rings. The summed E-state index contributed by atoms with van der Waals surface area (Å²) in [5.41, 5.74) is 2.14. The smallest absolute Gasteiger partial charge is 0.407 e. The molecule has 13 heteroatoms. The molecule has 3 amide bonds. The molecule has 2 N–H and O–H groups in total. The average molecular weight is 713 g/mol. The first kappa shape index (κ1) is 36.0. The topological polar surface area (TPSA) is 112 Å². The normalized spacial score (nSPS) is 16.3. The molecular weight excluding hydrogens is 674 g/mol. The Morgan fingerprint density at radius 2 is 1.63 bits per heavy atom. The number of carbonyl (C=O) groups excluding carboxylic acids is 2. The summed E-state index contributed by atoms with van der Waals surface area (Å²) in [7, 11) is 3.05. The molecule has 4 aromatic rings. The van der Waals surface area contributed by atoms with Crippen molar-refractivity contribution in [2.24, 2.45) is 5.41 Å². The first-order chi connectivity index (χ1) is 23.2. The van der Waals surface area contributed by atoms with E-state index in [2.05, 4.69) is 10.3 Å². The fraction of sp³-hybridized carbons (Fsp3) is 0.389. The van der Waals surface area contributed by atoms with Crippen LogP contribution >= 0.6 is 22.9 Å². The zero-order chi connectivity index (χ0) is 35.6. The molecule has 1 aliphatic carbocycles. The largest absolute Gasteiger partial charge is 0.496 e. The molecule has 2 aromatic carbocycles. The monoisotopic (exact) mass is 712 g/mol. The molecule has 0 bridgehead atoms. The average Bonchev–Trinajstić information content (AvgIpc) is 3.44. The highest BCUT2D eigenvalue weighted by molar-refractivity contribution is 7.21. The fourth-order valence-corrected chi connectivity index (χ4v) is 7.91. The van der Waals surface area contributed by atoms with Crippen LogP contribution in [0.25, 0.3) is 21.2 Å². The predicted octanol–water partition coefficient (Wildman–Crippen LogP) is 8.24. The number of fused-ring (bicyclic) bond motifs is 1. The summed E-state index contributed by atoms with van der Waals surface area (Å²) in [4.78, 5) is 46.3. The van der Waals surface area contributed by atoms with Gasteiger partial charge in [-0.2, -0.15) is 0 Å². The van der Waals surface area contributed by atoms with Gasteiger partial charge in [-0.1, -0.05) is 38.4 Å². The van der Waals surface area contributed by atoms with E-state index >= 15 is 0 Å². The van der Waals surface area contributed by atoms with Gasteiger partial charge < -0.3 is 25.0 Å².